The van der Waals surface area contributed by atoms with Crippen molar-refractivity contribution in [2.75, 3.05) is 25.5 Å². The Morgan fingerprint density at radius 3 is 2.62 bits per heavy atom. The van der Waals surface area contributed by atoms with E-state index in [1.165, 1.54) is 0 Å². The second-order valence-electron chi connectivity index (χ2n) is 6.48. The number of ether oxygens (including phenoxy) is 1. The molecule has 0 aromatic heterocycles. The molecule has 1 aliphatic rings. The van der Waals surface area contributed by atoms with Gasteiger partial charge in [0.25, 0.3) is 0 Å². The van der Waals surface area contributed by atoms with Crippen LogP contribution in [0, 0.1) is 5.92 Å². The van der Waals surface area contributed by atoms with Crippen LogP contribution in [0.1, 0.15) is 33.1 Å². The van der Waals surface area contributed by atoms with Crippen molar-refractivity contribution in [1.82, 2.24) is 10.2 Å². The second-order valence-corrected chi connectivity index (χ2v) is 6.48. The van der Waals surface area contributed by atoms with Crippen LogP contribution in [0.3, 0.4) is 0 Å². The van der Waals surface area contributed by atoms with Crippen molar-refractivity contribution in [3.05, 3.63) is 24.3 Å². The minimum absolute atomic E-state index is 0.0574. The highest BCUT2D eigenvalue weighted by atomic mass is 16.5. The summed E-state index contributed by atoms with van der Waals surface area (Å²) in [6.07, 6.45) is 2.50. The summed E-state index contributed by atoms with van der Waals surface area (Å²) in [5.74, 6) is 1.22. The van der Waals surface area contributed by atoms with Gasteiger partial charge in [0.15, 0.2) is 0 Å². The van der Waals surface area contributed by atoms with Gasteiger partial charge in [-0.15, -0.1) is 0 Å². The largest absolute Gasteiger partial charge is 0.497 e. The number of nitrogens with one attached hydrogen (secondary N) is 2. The van der Waals surface area contributed by atoms with Gasteiger partial charge in [0.1, 0.15) is 11.8 Å². The van der Waals surface area contributed by atoms with Crippen LogP contribution < -0.4 is 15.4 Å². The molecule has 6 nitrogen and oxygen atoms in total. The van der Waals surface area contributed by atoms with Crippen LogP contribution in [-0.4, -0.2) is 43.1 Å². The first kappa shape index (κ1) is 18.1. The van der Waals surface area contributed by atoms with Crippen molar-refractivity contribution in [1.29, 1.82) is 0 Å². The molecule has 1 aromatic carbocycles. The number of likely N-dealkylation sites (tertiary alicyclic amines) is 1. The predicted molar refractivity (Wildman–Crippen MR) is 94.2 cm³/mol. The van der Waals surface area contributed by atoms with Gasteiger partial charge in [0, 0.05) is 18.8 Å². The van der Waals surface area contributed by atoms with E-state index < -0.39 is 0 Å². The lowest BCUT2D eigenvalue weighted by Crippen LogP contribution is -2.47. The fraction of sp³-hybridized carbons (Fsp3) is 0.556. The SMILES string of the molecule is COc1ccc(NC(=O)N2CCC[C@H]2C(=O)NCCC(C)C)cc1. The number of anilines is 1. The summed E-state index contributed by atoms with van der Waals surface area (Å²) in [4.78, 5) is 26.4. The zero-order chi connectivity index (χ0) is 17.5. The maximum absolute atomic E-state index is 12.5. The van der Waals surface area contributed by atoms with E-state index in [-0.39, 0.29) is 18.0 Å². The number of benzene rings is 1. The lowest BCUT2D eigenvalue weighted by molar-refractivity contribution is -0.124. The van der Waals surface area contributed by atoms with Crippen LogP contribution in [0.15, 0.2) is 24.3 Å². The van der Waals surface area contributed by atoms with Crippen LogP contribution in [-0.2, 0) is 4.79 Å². The van der Waals surface area contributed by atoms with Crippen LogP contribution in [0.5, 0.6) is 5.75 Å². The summed E-state index contributed by atoms with van der Waals surface area (Å²) in [7, 11) is 1.60. The van der Waals surface area contributed by atoms with E-state index >= 15 is 0 Å². The van der Waals surface area contributed by atoms with Crippen molar-refractivity contribution < 1.29 is 14.3 Å². The minimum atomic E-state index is -0.379. The number of methoxy groups -OCH3 is 1. The topological polar surface area (TPSA) is 70.7 Å². The average Bonchev–Trinajstić information content (AvgIpc) is 3.05. The van der Waals surface area contributed by atoms with Crippen molar-refractivity contribution >= 4 is 17.6 Å². The van der Waals surface area contributed by atoms with Gasteiger partial charge < -0.3 is 20.3 Å². The molecule has 2 N–H and O–H groups in total. The number of hydrogen-bond acceptors (Lipinski definition) is 3. The molecule has 24 heavy (non-hydrogen) atoms. The molecule has 3 amide bonds. The molecule has 1 heterocycles. The number of hydrogen-bond donors (Lipinski definition) is 2. The van der Waals surface area contributed by atoms with Crippen molar-refractivity contribution in [3.63, 3.8) is 0 Å². The van der Waals surface area contributed by atoms with E-state index in [1.807, 2.05) is 0 Å². The smallest absolute Gasteiger partial charge is 0.322 e. The van der Waals surface area contributed by atoms with E-state index in [4.69, 9.17) is 4.74 Å². The summed E-state index contributed by atoms with van der Waals surface area (Å²) < 4.78 is 5.10. The summed E-state index contributed by atoms with van der Waals surface area (Å²) >= 11 is 0. The summed E-state index contributed by atoms with van der Waals surface area (Å²) in [5, 5.41) is 5.79. The molecule has 1 saturated heterocycles. The summed E-state index contributed by atoms with van der Waals surface area (Å²) in [6, 6.07) is 6.53. The Kier molecular flexibility index (Phi) is 6.46. The normalized spacial score (nSPS) is 17.0. The summed E-state index contributed by atoms with van der Waals surface area (Å²) in [5.41, 5.74) is 0.687. The third-order valence-corrected chi connectivity index (χ3v) is 4.18. The highest BCUT2D eigenvalue weighted by molar-refractivity contribution is 5.94. The molecule has 1 atom stereocenters. The van der Waals surface area contributed by atoms with E-state index in [0.717, 1.165) is 18.6 Å². The van der Waals surface area contributed by atoms with Gasteiger partial charge in [-0.25, -0.2) is 4.79 Å². The standard InChI is InChI=1S/C18H27N3O3/c1-13(2)10-11-19-17(22)16-5-4-12-21(16)18(23)20-14-6-8-15(24-3)9-7-14/h6-9,13,16H,4-5,10-12H2,1-3H3,(H,19,22)(H,20,23)/t16-/m0/s1. The molecule has 0 aliphatic carbocycles. The lowest BCUT2D eigenvalue weighted by Gasteiger charge is -2.24. The molecule has 0 saturated carbocycles. The monoisotopic (exact) mass is 333 g/mol. The Bertz CT molecular complexity index is 557. The molecular weight excluding hydrogens is 306 g/mol. The maximum Gasteiger partial charge on any atom is 0.322 e. The highest BCUT2D eigenvalue weighted by Gasteiger charge is 2.33. The van der Waals surface area contributed by atoms with Crippen molar-refractivity contribution in [2.24, 2.45) is 5.92 Å². The minimum Gasteiger partial charge on any atom is -0.497 e. The molecule has 0 spiro atoms. The predicted octanol–water partition coefficient (Wildman–Crippen LogP) is 2.85. The number of amides is 3. The third kappa shape index (κ3) is 4.88. The van der Waals surface area contributed by atoms with Gasteiger partial charge in [-0.05, 0) is 49.4 Å². The van der Waals surface area contributed by atoms with E-state index in [9.17, 15) is 9.59 Å². The van der Waals surface area contributed by atoms with E-state index in [1.54, 1.807) is 36.3 Å². The Labute approximate surface area is 143 Å². The quantitative estimate of drug-likeness (QED) is 0.841. The van der Waals surface area contributed by atoms with Gasteiger partial charge in [-0.3, -0.25) is 4.79 Å². The second kappa shape index (κ2) is 8.57. The van der Waals surface area contributed by atoms with Gasteiger partial charge >= 0.3 is 6.03 Å². The molecule has 1 aromatic rings. The number of rotatable bonds is 6. The highest BCUT2D eigenvalue weighted by Crippen LogP contribution is 2.20. The Morgan fingerprint density at radius 2 is 2.00 bits per heavy atom. The van der Waals surface area contributed by atoms with Gasteiger partial charge in [0.2, 0.25) is 5.91 Å². The van der Waals surface area contributed by atoms with Crippen LogP contribution in [0.4, 0.5) is 10.5 Å². The Hall–Kier alpha value is -2.24. The van der Waals surface area contributed by atoms with Crippen LogP contribution in [0.25, 0.3) is 0 Å². The number of nitrogens with zero attached hydrogens (tertiary/aromatic N) is 1. The van der Waals surface area contributed by atoms with Crippen molar-refractivity contribution in [3.8, 4) is 5.75 Å². The van der Waals surface area contributed by atoms with E-state index in [0.29, 0.717) is 31.1 Å². The zero-order valence-corrected chi connectivity index (χ0v) is 14.7. The van der Waals surface area contributed by atoms with Gasteiger partial charge in [-0.2, -0.15) is 0 Å². The first-order chi connectivity index (χ1) is 11.5. The molecule has 2 rings (SSSR count). The molecular formula is C18H27N3O3. The van der Waals surface area contributed by atoms with Gasteiger partial charge in [0.05, 0.1) is 7.11 Å². The molecule has 0 radical (unpaired) electrons. The molecule has 1 aliphatic heterocycles. The molecule has 6 heteroatoms. The first-order valence-electron chi connectivity index (χ1n) is 8.50. The fourth-order valence-electron chi connectivity index (χ4n) is 2.75. The molecule has 1 fully saturated rings. The fourth-order valence-corrected chi connectivity index (χ4v) is 2.75. The zero-order valence-electron chi connectivity index (χ0n) is 14.7. The van der Waals surface area contributed by atoms with Crippen molar-refractivity contribution in [2.45, 2.75) is 39.2 Å². The van der Waals surface area contributed by atoms with Crippen LogP contribution in [0.2, 0.25) is 0 Å². The first-order valence-corrected chi connectivity index (χ1v) is 8.50. The average molecular weight is 333 g/mol. The third-order valence-electron chi connectivity index (χ3n) is 4.18. The Balaban J connectivity index is 1.90. The lowest BCUT2D eigenvalue weighted by atomic mass is 10.1. The molecule has 0 unspecified atom stereocenters. The summed E-state index contributed by atoms with van der Waals surface area (Å²) in [6.45, 7) is 5.50. The Morgan fingerprint density at radius 1 is 1.29 bits per heavy atom. The maximum atomic E-state index is 12.5. The number of urea groups is 1. The van der Waals surface area contributed by atoms with Crippen LogP contribution >= 0.6 is 0 Å². The molecule has 0 bridgehead atoms. The van der Waals surface area contributed by atoms with Gasteiger partial charge in [-0.1, -0.05) is 13.8 Å². The molecule has 132 valence electrons. The number of carbonyl (C=O) groups is 2. The number of carbonyl (C=O) groups excluding carboxylic acids is 2. The van der Waals surface area contributed by atoms with E-state index in [2.05, 4.69) is 24.5 Å².